The lowest BCUT2D eigenvalue weighted by Gasteiger charge is -2.20. The third-order valence-electron chi connectivity index (χ3n) is 4.74. The summed E-state index contributed by atoms with van der Waals surface area (Å²) >= 11 is 31.7. The van der Waals surface area contributed by atoms with Gasteiger partial charge >= 0.3 is 0 Å². The predicted molar refractivity (Wildman–Crippen MR) is 144 cm³/mol. The zero-order valence-electron chi connectivity index (χ0n) is 17.0. The van der Waals surface area contributed by atoms with Gasteiger partial charge in [0.25, 0.3) is 0 Å². The minimum atomic E-state index is 0.593. The molecule has 12 heteroatoms. The first-order valence-electron chi connectivity index (χ1n) is 9.69. The molecule has 0 radical (unpaired) electrons. The maximum atomic E-state index is 6.34. The van der Waals surface area contributed by atoms with Crippen molar-refractivity contribution in [2.75, 3.05) is 0 Å². The highest BCUT2D eigenvalue weighted by atomic mass is 35.5. The van der Waals surface area contributed by atoms with Crippen LogP contribution in [0, 0.1) is 0 Å². The molecule has 0 aliphatic carbocycles. The molecule has 2 aromatic carbocycles. The van der Waals surface area contributed by atoms with Crippen LogP contribution in [0.3, 0.4) is 0 Å². The first-order valence-corrected chi connectivity index (χ1v) is 14.8. The molecule has 0 spiro atoms. The van der Waals surface area contributed by atoms with Crippen LogP contribution in [-0.2, 0) is 11.5 Å². The molecule has 0 bridgehead atoms. The van der Waals surface area contributed by atoms with E-state index in [-0.39, 0.29) is 0 Å². The fourth-order valence-corrected chi connectivity index (χ4v) is 9.12. The summed E-state index contributed by atoms with van der Waals surface area (Å²) in [5, 5.41) is 21.4. The van der Waals surface area contributed by atoms with Crippen molar-refractivity contribution < 1.29 is 0 Å². The molecule has 0 saturated heterocycles. The Hall–Kier alpha value is -0.840. The van der Waals surface area contributed by atoms with E-state index in [0.717, 1.165) is 40.8 Å². The molecular formula is C22H12Cl4N4S4. The van der Waals surface area contributed by atoms with Gasteiger partial charge in [0.15, 0.2) is 0 Å². The number of hydrogen-bond donors (Lipinski definition) is 0. The van der Waals surface area contributed by atoms with Crippen molar-refractivity contribution in [3.63, 3.8) is 0 Å². The molecule has 0 unspecified atom stereocenters. The van der Waals surface area contributed by atoms with E-state index in [9.17, 15) is 0 Å². The summed E-state index contributed by atoms with van der Waals surface area (Å²) in [5.74, 6) is 1.19. The number of rotatable bonds is 6. The van der Waals surface area contributed by atoms with Gasteiger partial charge in [-0.2, -0.15) is 10.2 Å². The second-order valence-corrected chi connectivity index (χ2v) is 12.5. The smallest absolute Gasteiger partial charge is 0.134 e. The Kier molecular flexibility index (Phi) is 8.07. The fourth-order valence-electron chi connectivity index (χ4n) is 3.05. The van der Waals surface area contributed by atoms with Crippen LogP contribution in [0.4, 0.5) is 0 Å². The SMILES string of the molecule is Clc1cccc(Cl)c1CSc1nncc2c1Sc1cnnc(SCc3c(Cl)cccc3Cl)c1S2. The minimum Gasteiger partial charge on any atom is -0.157 e. The Balaban J connectivity index is 1.38. The number of hydrogen-bond acceptors (Lipinski definition) is 8. The molecule has 2 aromatic heterocycles. The quantitative estimate of drug-likeness (QED) is 0.179. The van der Waals surface area contributed by atoms with Gasteiger partial charge in [-0.25, -0.2) is 0 Å². The normalized spacial score (nSPS) is 12.4. The van der Waals surface area contributed by atoms with Crippen molar-refractivity contribution in [1.82, 2.24) is 20.4 Å². The number of halogens is 4. The maximum Gasteiger partial charge on any atom is 0.134 e. The van der Waals surface area contributed by atoms with Crippen molar-refractivity contribution >= 4 is 93.5 Å². The van der Waals surface area contributed by atoms with Crippen molar-refractivity contribution in [1.29, 1.82) is 0 Å². The van der Waals surface area contributed by atoms with E-state index in [2.05, 4.69) is 20.4 Å². The zero-order valence-corrected chi connectivity index (χ0v) is 23.3. The van der Waals surface area contributed by atoms with Crippen molar-refractivity contribution in [3.8, 4) is 0 Å². The largest absolute Gasteiger partial charge is 0.157 e. The van der Waals surface area contributed by atoms with Crippen LogP contribution in [0.1, 0.15) is 11.1 Å². The van der Waals surface area contributed by atoms with E-state index in [1.54, 1.807) is 59.4 Å². The lowest BCUT2D eigenvalue weighted by Crippen LogP contribution is -2.00. The van der Waals surface area contributed by atoms with Gasteiger partial charge in [0.2, 0.25) is 0 Å². The third-order valence-corrected chi connectivity index (χ3v) is 10.9. The summed E-state index contributed by atoms with van der Waals surface area (Å²) < 4.78 is 0. The van der Waals surface area contributed by atoms with Gasteiger partial charge in [-0.1, -0.05) is 106 Å². The van der Waals surface area contributed by atoms with Crippen LogP contribution < -0.4 is 0 Å². The van der Waals surface area contributed by atoms with Gasteiger partial charge in [0, 0.05) is 41.4 Å². The summed E-state index contributed by atoms with van der Waals surface area (Å²) in [6.45, 7) is 0. The maximum absolute atomic E-state index is 6.34. The molecule has 0 amide bonds. The van der Waals surface area contributed by atoms with Crippen LogP contribution in [0.2, 0.25) is 20.1 Å². The Morgan fingerprint density at radius 3 is 1.38 bits per heavy atom. The van der Waals surface area contributed by atoms with Crippen LogP contribution in [0.25, 0.3) is 0 Å². The summed E-state index contributed by atoms with van der Waals surface area (Å²) in [6.07, 6.45) is 3.56. The predicted octanol–water partition coefficient (Wildman–Crippen LogP) is 9.08. The number of benzene rings is 2. The topological polar surface area (TPSA) is 51.6 Å². The molecule has 34 heavy (non-hydrogen) atoms. The van der Waals surface area contributed by atoms with Gasteiger partial charge in [-0.15, -0.1) is 10.2 Å². The van der Waals surface area contributed by atoms with Crippen molar-refractivity contribution in [2.24, 2.45) is 0 Å². The lowest BCUT2D eigenvalue weighted by atomic mass is 10.2. The van der Waals surface area contributed by atoms with E-state index in [4.69, 9.17) is 46.4 Å². The van der Waals surface area contributed by atoms with Gasteiger partial charge < -0.3 is 0 Å². The summed E-state index contributed by atoms with van der Waals surface area (Å²) in [4.78, 5) is 4.12. The van der Waals surface area contributed by atoms with E-state index >= 15 is 0 Å². The fraction of sp³-hybridized carbons (Fsp3) is 0.0909. The number of aromatic nitrogens is 4. The molecule has 5 rings (SSSR count). The van der Waals surface area contributed by atoms with Crippen molar-refractivity contribution in [3.05, 3.63) is 80.0 Å². The van der Waals surface area contributed by atoms with Crippen LogP contribution in [-0.4, -0.2) is 20.4 Å². The summed E-state index contributed by atoms with van der Waals surface area (Å²) in [7, 11) is 0. The molecule has 4 aromatic rings. The molecule has 0 fully saturated rings. The highest BCUT2D eigenvalue weighted by Crippen LogP contribution is 2.53. The lowest BCUT2D eigenvalue weighted by molar-refractivity contribution is 0.801. The van der Waals surface area contributed by atoms with Gasteiger partial charge in [0.05, 0.1) is 22.2 Å². The first-order chi connectivity index (χ1) is 16.5. The molecule has 1 aliphatic rings. The minimum absolute atomic E-state index is 0.593. The van der Waals surface area contributed by atoms with E-state index < -0.39 is 0 Å². The average Bonchev–Trinajstić information content (AvgIpc) is 2.82. The second-order valence-electron chi connectivity index (χ2n) is 6.87. The first kappa shape index (κ1) is 24.8. The van der Waals surface area contributed by atoms with Crippen LogP contribution in [0.5, 0.6) is 0 Å². The zero-order chi connectivity index (χ0) is 23.7. The number of thioether (sulfide) groups is 2. The Morgan fingerprint density at radius 1 is 0.618 bits per heavy atom. The van der Waals surface area contributed by atoms with Crippen LogP contribution in [0.15, 0.2) is 78.4 Å². The highest BCUT2D eigenvalue weighted by molar-refractivity contribution is 8.06. The molecule has 172 valence electrons. The molecule has 4 nitrogen and oxygen atoms in total. The van der Waals surface area contributed by atoms with Gasteiger partial charge in [-0.05, 0) is 35.4 Å². The van der Waals surface area contributed by atoms with E-state index in [1.165, 1.54) is 0 Å². The molecule has 0 atom stereocenters. The summed E-state index contributed by atoms with van der Waals surface area (Å²) in [6, 6.07) is 11.0. The Bertz CT molecular complexity index is 1240. The van der Waals surface area contributed by atoms with E-state index in [0.29, 0.717) is 31.6 Å². The second kappa shape index (κ2) is 11.0. The monoisotopic (exact) mass is 600 g/mol. The Labute approximate surface area is 233 Å². The van der Waals surface area contributed by atoms with E-state index in [1.807, 2.05) is 36.4 Å². The molecule has 1 aliphatic heterocycles. The highest BCUT2D eigenvalue weighted by Gasteiger charge is 2.25. The third kappa shape index (κ3) is 5.30. The standard InChI is InChI=1S/C22H12Cl4N4S4/c23-13-3-1-4-14(24)11(13)9-31-21-19-17(7-27-29-21)34-20-18(33-19)8-28-30-22(20)32-10-12-15(25)5-2-6-16(12)26/h1-8H,9-10H2. The van der Waals surface area contributed by atoms with Crippen molar-refractivity contribution in [2.45, 2.75) is 41.1 Å². The van der Waals surface area contributed by atoms with Gasteiger partial charge in [-0.3, -0.25) is 0 Å². The average molecular weight is 602 g/mol. The summed E-state index contributed by atoms with van der Waals surface area (Å²) in [5.41, 5.74) is 1.76. The number of fused-ring (bicyclic) bond motifs is 2. The molecule has 0 N–H and O–H groups in total. The van der Waals surface area contributed by atoms with Crippen LogP contribution >= 0.6 is 93.5 Å². The number of nitrogens with zero attached hydrogens (tertiary/aromatic N) is 4. The molecule has 3 heterocycles. The molecular weight excluding hydrogens is 590 g/mol. The van der Waals surface area contributed by atoms with Gasteiger partial charge in [0.1, 0.15) is 10.1 Å². The molecule has 0 saturated carbocycles. The Morgan fingerprint density at radius 2 is 1.00 bits per heavy atom.